The molecule has 0 fully saturated rings. The molecule has 2 rings (SSSR count). The van der Waals surface area contributed by atoms with Crippen LogP contribution in [0, 0.1) is 0 Å². The van der Waals surface area contributed by atoms with E-state index in [2.05, 4.69) is 61.1 Å². The lowest BCUT2D eigenvalue weighted by Crippen LogP contribution is -1.87. The van der Waals surface area contributed by atoms with E-state index in [1.807, 2.05) is 6.07 Å². The summed E-state index contributed by atoms with van der Waals surface area (Å²) in [6.45, 7) is 0. The number of alkyl halides is 2. The maximum atomic E-state index is 4.53. The topological polar surface area (TPSA) is 12.9 Å². The highest BCUT2D eigenvalue weighted by atomic mass is 79.9. The monoisotopic (exact) mass is 313 g/mol. The molecule has 0 amide bonds. The van der Waals surface area contributed by atoms with Crippen LogP contribution in [0.1, 0.15) is 11.3 Å². The van der Waals surface area contributed by atoms with Crippen molar-refractivity contribution in [3.63, 3.8) is 0 Å². The van der Waals surface area contributed by atoms with Gasteiger partial charge in [-0.25, -0.2) is 0 Å². The zero-order chi connectivity index (χ0) is 9.97. The Bertz CT molecular complexity index is 415. The van der Waals surface area contributed by atoms with Crippen LogP contribution in [0.4, 0.5) is 0 Å². The lowest BCUT2D eigenvalue weighted by atomic mass is 10.1. The van der Waals surface area contributed by atoms with Gasteiger partial charge in [0, 0.05) is 16.0 Å². The molecule has 0 radical (unpaired) electrons. The molecule has 0 aliphatic rings. The first-order valence-electron chi connectivity index (χ1n) is 4.34. The third kappa shape index (κ3) is 1.98. The van der Waals surface area contributed by atoms with Gasteiger partial charge in [0.25, 0.3) is 0 Å². The number of benzene rings is 1. The van der Waals surface area contributed by atoms with Gasteiger partial charge in [0.15, 0.2) is 0 Å². The Balaban J connectivity index is 2.60. The van der Waals surface area contributed by atoms with E-state index in [1.165, 1.54) is 10.9 Å². The maximum Gasteiger partial charge on any atom is 0.0708 e. The Morgan fingerprint density at radius 1 is 1.00 bits per heavy atom. The third-order valence-electron chi connectivity index (χ3n) is 2.11. The zero-order valence-corrected chi connectivity index (χ0v) is 10.7. The first-order chi connectivity index (χ1) is 6.83. The fraction of sp³-hybridized carbons (Fsp3) is 0.182. The molecule has 0 saturated heterocycles. The van der Waals surface area contributed by atoms with Crippen LogP contribution >= 0.6 is 31.9 Å². The smallest absolute Gasteiger partial charge is 0.0708 e. The summed E-state index contributed by atoms with van der Waals surface area (Å²) in [5.74, 6) is 0. The van der Waals surface area contributed by atoms with Crippen molar-refractivity contribution in [2.75, 3.05) is 0 Å². The van der Waals surface area contributed by atoms with E-state index in [4.69, 9.17) is 0 Å². The zero-order valence-electron chi connectivity index (χ0n) is 7.50. The Kier molecular flexibility index (Phi) is 3.19. The lowest BCUT2D eigenvalue weighted by Gasteiger charge is -2.01. The number of nitrogens with zero attached hydrogens (tertiary/aromatic N) is 1. The third-order valence-corrected chi connectivity index (χ3v) is 3.33. The molecule has 3 heteroatoms. The van der Waals surface area contributed by atoms with Crippen molar-refractivity contribution in [2.45, 2.75) is 10.7 Å². The van der Waals surface area contributed by atoms with Crippen LogP contribution in [0.15, 0.2) is 30.3 Å². The Morgan fingerprint density at radius 2 is 1.79 bits per heavy atom. The molecule has 0 N–H and O–H groups in total. The SMILES string of the molecule is BrCc1ccc2ccc(CBr)nc2c1. The highest BCUT2D eigenvalue weighted by Gasteiger charge is 1.98. The highest BCUT2D eigenvalue weighted by Crippen LogP contribution is 2.17. The summed E-state index contributed by atoms with van der Waals surface area (Å²) in [4.78, 5) is 4.53. The maximum absolute atomic E-state index is 4.53. The van der Waals surface area contributed by atoms with Crippen molar-refractivity contribution in [2.24, 2.45) is 0 Å². The molecule has 1 heterocycles. The van der Waals surface area contributed by atoms with E-state index in [1.54, 1.807) is 0 Å². The predicted molar refractivity (Wildman–Crippen MR) is 67.0 cm³/mol. The highest BCUT2D eigenvalue weighted by molar-refractivity contribution is 9.08. The number of pyridine rings is 1. The van der Waals surface area contributed by atoms with Crippen molar-refractivity contribution in [3.05, 3.63) is 41.6 Å². The molecule has 1 aromatic carbocycles. The molecule has 1 aromatic heterocycles. The average molecular weight is 315 g/mol. The molecule has 0 aliphatic heterocycles. The number of rotatable bonds is 2. The number of hydrogen-bond acceptors (Lipinski definition) is 1. The Labute approximate surface area is 99.8 Å². The van der Waals surface area contributed by atoms with Gasteiger partial charge in [-0.2, -0.15) is 0 Å². The van der Waals surface area contributed by atoms with Gasteiger partial charge in [-0.15, -0.1) is 0 Å². The van der Waals surface area contributed by atoms with Crippen LogP contribution in [0.2, 0.25) is 0 Å². The van der Waals surface area contributed by atoms with Gasteiger partial charge in [0.1, 0.15) is 0 Å². The van der Waals surface area contributed by atoms with Crippen molar-refractivity contribution in [1.29, 1.82) is 0 Å². The minimum absolute atomic E-state index is 0.807. The summed E-state index contributed by atoms with van der Waals surface area (Å²) in [6, 6.07) is 10.5. The van der Waals surface area contributed by atoms with E-state index in [0.717, 1.165) is 21.9 Å². The molecule has 0 aliphatic carbocycles. The van der Waals surface area contributed by atoms with Crippen LogP contribution < -0.4 is 0 Å². The molecule has 2 aromatic rings. The second-order valence-electron chi connectivity index (χ2n) is 3.10. The summed E-state index contributed by atoms with van der Waals surface area (Å²) >= 11 is 6.85. The van der Waals surface area contributed by atoms with Crippen molar-refractivity contribution >= 4 is 42.8 Å². The lowest BCUT2D eigenvalue weighted by molar-refractivity contribution is 1.23. The fourth-order valence-electron chi connectivity index (χ4n) is 1.36. The number of hydrogen-bond donors (Lipinski definition) is 0. The molecule has 0 bridgehead atoms. The second kappa shape index (κ2) is 4.41. The summed E-state index contributed by atoms with van der Waals surface area (Å²) in [6.07, 6.45) is 0. The summed E-state index contributed by atoms with van der Waals surface area (Å²) < 4.78 is 0. The minimum atomic E-state index is 0.807. The van der Waals surface area contributed by atoms with Gasteiger partial charge in [0.05, 0.1) is 11.2 Å². The largest absolute Gasteiger partial charge is 0.252 e. The Hall–Kier alpha value is -0.410. The first kappa shape index (κ1) is 10.1. The molecule has 0 unspecified atom stereocenters. The van der Waals surface area contributed by atoms with E-state index in [0.29, 0.717) is 0 Å². The molecule has 0 saturated carbocycles. The first-order valence-corrected chi connectivity index (χ1v) is 6.58. The quantitative estimate of drug-likeness (QED) is 0.763. The molecule has 1 nitrogen and oxygen atoms in total. The van der Waals surface area contributed by atoms with Crippen LogP contribution in [0.25, 0.3) is 10.9 Å². The van der Waals surface area contributed by atoms with E-state index < -0.39 is 0 Å². The summed E-state index contributed by atoms with van der Waals surface area (Å²) in [5, 5.41) is 2.88. The van der Waals surface area contributed by atoms with Gasteiger partial charge < -0.3 is 0 Å². The average Bonchev–Trinajstić information content (AvgIpc) is 2.27. The van der Waals surface area contributed by atoms with E-state index in [-0.39, 0.29) is 0 Å². The number of aromatic nitrogens is 1. The number of fused-ring (bicyclic) bond motifs is 1. The predicted octanol–water partition coefficient (Wildman–Crippen LogP) is 4.02. The van der Waals surface area contributed by atoms with E-state index in [9.17, 15) is 0 Å². The molecule has 14 heavy (non-hydrogen) atoms. The molecule has 72 valence electrons. The van der Waals surface area contributed by atoms with Gasteiger partial charge in [-0.05, 0) is 17.7 Å². The van der Waals surface area contributed by atoms with Crippen molar-refractivity contribution in [3.8, 4) is 0 Å². The van der Waals surface area contributed by atoms with Crippen LogP contribution in [-0.2, 0) is 10.7 Å². The Morgan fingerprint density at radius 3 is 2.50 bits per heavy atom. The molecular formula is C11H9Br2N. The van der Waals surface area contributed by atoms with Crippen LogP contribution in [-0.4, -0.2) is 4.98 Å². The molecule has 0 spiro atoms. The van der Waals surface area contributed by atoms with Crippen molar-refractivity contribution < 1.29 is 0 Å². The summed E-state index contributed by atoms with van der Waals surface area (Å²) in [7, 11) is 0. The van der Waals surface area contributed by atoms with Gasteiger partial charge in [-0.3, -0.25) is 4.98 Å². The number of halogens is 2. The second-order valence-corrected chi connectivity index (χ2v) is 4.22. The fourth-order valence-corrected chi connectivity index (χ4v) is 2.02. The van der Waals surface area contributed by atoms with Crippen LogP contribution in [0.5, 0.6) is 0 Å². The normalized spacial score (nSPS) is 10.7. The van der Waals surface area contributed by atoms with Crippen molar-refractivity contribution in [1.82, 2.24) is 4.98 Å². The van der Waals surface area contributed by atoms with Gasteiger partial charge in [-0.1, -0.05) is 50.1 Å². The standard InChI is InChI=1S/C11H9Br2N/c12-6-8-1-2-9-3-4-10(7-13)14-11(9)5-8/h1-5H,6-7H2. The molecule has 0 atom stereocenters. The molecular weight excluding hydrogens is 306 g/mol. The van der Waals surface area contributed by atoms with Crippen LogP contribution in [0.3, 0.4) is 0 Å². The van der Waals surface area contributed by atoms with Gasteiger partial charge >= 0.3 is 0 Å². The van der Waals surface area contributed by atoms with E-state index >= 15 is 0 Å². The summed E-state index contributed by atoms with van der Waals surface area (Å²) in [5.41, 5.74) is 3.40. The minimum Gasteiger partial charge on any atom is -0.252 e. The van der Waals surface area contributed by atoms with Gasteiger partial charge in [0.2, 0.25) is 0 Å².